The van der Waals surface area contributed by atoms with Crippen molar-refractivity contribution < 1.29 is 9.59 Å². The van der Waals surface area contributed by atoms with Gasteiger partial charge in [0, 0.05) is 11.1 Å². The molecule has 190 valence electrons. The zero-order valence-corrected chi connectivity index (χ0v) is 22.3. The van der Waals surface area contributed by atoms with Crippen molar-refractivity contribution >= 4 is 81.4 Å². The lowest BCUT2D eigenvalue weighted by molar-refractivity contribution is 0.0912. The largest absolute Gasteiger partial charge is 0.351 e. The van der Waals surface area contributed by atoms with Crippen LogP contribution in [-0.2, 0) is 0 Å². The van der Waals surface area contributed by atoms with Crippen LogP contribution in [-0.4, -0.2) is 33.7 Å². The van der Waals surface area contributed by atoms with Gasteiger partial charge in [-0.05, 0) is 24.3 Å². The number of amides is 2. The Kier molecular flexibility index (Phi) is 8.97. The monoisotopic (exact) mass is 611 g/mol. The maximum atomic E-state index is 13.4. The number of nitrogens with zero attached hydrogens (tertiary/aromatic N) is 3. The molecule has 0 bridgehead atoms. The molecule has 2 amide bonds. The summed E-state index contributed by atoms with van der Waals surface area (Å²) in [4.78, 5) is 51.5. The highest BCUT2D eigenvalue weighted by Crippen LogP contribution is 2.37. The van der Waals surface area contributed by atoms with Crippen LogP contribution in [0, 0.1) is 0 Å². The Morgan fingerprint density at radius 1 is 0.722 bits per heavy atom. The molecule has 1 heterocycles. The molecule has 2 aromatic carbocycles. The minimum absolute atomic E-state index is 0.161. The number of rotatable bonds is 6. The van der Waals surface area contributed by atoms with Gasteiger partial charge in [-0.3, -0.25) is 14.4 Å². The molecule has 0 fully saturated rings. The number of hydrogen-bond donors (Lipinski definition) is 2. The van der Waals surface area contributed by atoms with Gasteiger partial charge in [-0.25, -0.2) is 9.36 Å². The highest BCUT2D eigenvalue weighted by atomic mass is 35.6. The third kappa shape index (κ3) is 6.73. The number of benzene rings is 2. The fourth-order valence-corrected chi connectivity index (χ4v) is 3.91. The summed E-state index contributed by atoms with van der Waals surface area (Å²) in [6.45, 7) is 0. The van der Waals surface area contributed by atoms with Crippen LogP contribution in [0.2, 0.25) is 0 Å². The van der Waals surface area contributed by atoms with Crippen molar-refractivity contribution in [2.45, 2.75) is 19.9 Å². The van der Waals surface area contributed by atoms with E-state index in [4.69, 9.17) is 69.6 Å². The van der Waals surface area contributed by atoms with E-state index >= 15 is 0 Å². The van der Waals surface area contributed by atoms with Crippen LogP contribution in [0.1, 0.15) is 33.0 Å². The summed E-state index contributed by atoms with van der Waals surface area (Å²) >= 11 is 36.2. The molecular formula is C21H15Cl6N5O4. The van der Waals surface area contributed by atoms with Gasteiger partial charge in [0.25, 0.3) is 17.4 Å². The Morgan fingerprint density at radius 3 is 1.56 bits per heavy atom. The highest BCUT2D eigenvalue weighted by Gasteiger charge is 2.41. The number of nitrogens with one attached hydrogen (secondary N) is 2. The first-order chi connectivity index (χ1) is 16.8. The normalized spacial score (nSPS) is 13.5. The lowest BCUT2D eigenvalue weighted by Crippen LogP contribution is -2.55. The lowest BCUT2D eigenvalue weighted by atomic mass is 10.2. The van der Waals surface area contributed by atoms with Crippen molar-refractivity contribution in [2.24, 2.45) is 0 Å². The Balaban J connectivity index is 2.08. The molecule has 0 aliphatic rings. The molecule has 9 nitrogen and oxygen atoms in total. The fraction of sp³-hybridized carbons (Fsp3) is 0.190. The van der Waals surface area contributed by atoms with Crippen molar-refractivity contribution in [2.75, 3.05) is 0 Å². The predicted molar refractivity (Wildman–Crippen MR) is 139 cm³/mol. The van der Waals surface area contributed by atoms with Gasteiger partial charge in [0.1, 0.15) is 6.20 Å². The summed E-state index contributed by atoms with van der Waals surface area (Å²) < 4.78 is -3.78. The third-order valence-corrected chi connectivity index (χ3v) is 5.90. The number of carbonyl (C=O) groups is 2. The first-order valence-electron chi connectivity index (χ1n) is 9.86. The molecule has 0 saturated carbocycles. The average Bonchev–Trinajstić information content (AvgIpc) is 2.82. The SMILES string of the molecule is O=C(N[C@H](n1ncc(=O)n([C@@H](NC(=O)c2ccccc2)C(Cl)(Cl)Cl)c1=O)C(Cl)(Cl)Cl)c1ccccc1. The van der Waals surface area contributed by atoms with Gasteiger partial charge in [0.05, 0.1) is 0 Å². The van der Waals surface area contributed by atoms with Gasteiger partial charge in [-0.1, -0.05) is 106 Å². The van der Waals surface area contributed by atoms with Gasteiger partial charge in [0.15, 0.2) is 12.3 Å². The Bertz CT molecular complexity index is 1350. The summed E-state index contributed by atoms with van der Waals surface area (Å²) in [5, 5.41) is 8.44. The number of alkyl halides is 6. The zero-order valence-electron chi connectivity index (χ0n) is 17.7. The van der Waals surface area contributed by atoms with E-state index in [1.165, 1.54) is 24.3 Å². The summed E-state index contributed by atoms with van der Waals surface area (Å²) in [7, 11) is 0. The molecule has 36 heavy (non-hydrogen) atoms. The Hall–Kier alpha value is -2.27. The molecule has 0 radical (unpaired) electrons. The molecule has 3 rings (SSSR count). The predicted octanol–water partition coefficient (Wildman–Crippen LogP) is 4.00. The van der Waals surface area contributed by atoms with Gasteiger partial charge >= 0.3 is 5.69 Å². The molecule has 0 unspecified atom stereocenters. The maximum absolute atomic E-state index is 13.4. The van der Waals surface area contributed by atoms with Crippen LogP contribution in [0.25, 0.3) is 0 Å². The summed E-state index contributed by atoms with van der Waals surface area (Å²) in [6.07, 6.45) is -2.85. The van der Waals surface area contributed by atoms with E-state index in [-0.39, 0.29) is 11.1 Å². The average molecular weight is 614 g/mol. The topological polar surface area (TPSA) is 115 Å². The van der Waals surface area contributed by atoms with Crippen LogP contribution < -0.4 is 21.9 Å². The molecule has 2 atom stereocenters. The van der Waals surface area contributed by atoms with E-state index in [9.17, 15) is 19.2 Å². The van der Waals surface area contributed by atoms with E-state index in [1.54, 1.807) is 36.4 Å². The smallest absolute Gasteiger partial charge is 0.328 e. The maximum Gasteiger partial charge on any atom is 0.351 e. The Morgan fingerprint density at radius 2 is 1.14 bits per heavy atom. The van der Waals surface area contributed by atoms with Crippen LogP contribution in [0.4, 0.5) is 0 Å². The first kappa shape index (κ1) is 28.3. The Labute approximate surface area is 233 Å². The minimum atomic E-state index is -2.39. The number of halogens is 6. The van der Waals surface area contributed by atoms with Crippen molar-refractivity contribution in [3.63, 3.8) is 0 Å². The fourth-order valence-electron chi connectivity index (χ4n) is 3.01. The van der Waals surface area contributed by atoms with E-state index in [2.05, 4.69) is 15.7 Å². The van der Waals surface area contributed by atoms with Crippen molar-refractivity contribution in [1.82, 2.24) is 25.0 Å². The van der Waals surface area contributed by atoms with E-state index < -0.39 is 43.0 Å². The standard InChI is InChI=1S/C21H15Cl6N5O4/c22-20(23,24)17(29-15(34)12-7-3-1-4-8-12)31-14(33)11-28-32(19(31)36)18(21(25,26)27)30-16(35)13-9-5-2-6-10-13/h1-11,17-18H,(H,29,34)(H,30,35)/t17-,18-/m1/s1. The van der Waals surface area contributed by atoms with Gasteiger partial charge in [-0.15, -0.1) is 0 Å². The second-order valence-corrected chi connectivity index (χ2v) is 11.9. The van der Waals surface area contributed by atoms with Gasteiger partial charge in [-0.2, -0.15) is 9.78 Å². The van der Waals surface area contributed by atoms with Crippen molar-refractivity contribution in [3.8, 4) is 0 Å². The van der Waals surface area contributed by atoms with E-state index in [1.807, 2.05) is 0 Å². The molecule has 0 saturated heterocycles. The van der Waals surface area contributed by atoms with Gasteiger partial charge in [0.2, 0.25) is 7.59 Å². The molecule has 2 N–H and O–H groups in total. The first-order valence-corrected chi connectivity index (χ1v) is 12.1. The number of hydrogen-bond acceptors (Lipinski definition) is 5. The molecular weight excluding hydrogens is 599 g/mol. The van der Waals surface area contributed by atoms with Crippen molar-refractivity contribution in [3.05, 3.63) is 98.8 Å². The van der Waals surface area contributed by atoms with Crippen LogP contribution in [0.3, 0.4) is 0 Å². The van der Waals surface area contributed by atoms with Crippen LogP contribution in [0.5, 0.6) is 0 Å². The number of carbonyl (C=O) groups excluding carboxylic acids is 2. The quantitative estimate of drug-likeness (QED) is 0.408. The highest BCUT2D eigenvalue weighted by molar-refractivity contribution is 6.68. The molecule has 15 heteroatoms. The molecule has 0 aliphatic heterocycles. The zero-order chi connectivity index (χ0) is 26.7. The second kappa shape index (κ2) is 11.4. The lowest BCUT2D eigenvalue weighted by Gasteiger charge is -2.29. The minimum Gasteiger partial charge on any atom is -0.328 e. The van der Waals surface area contributed by atoms with Crippen molar-refractivity contribution in [1.29, 1.82) is 0 Å². The van der Waals surface area contributed by atoms with Crippen LogP contribution >= 0.6 is 69.6 Å². The summed E-state index contributed by atoms with van der Waals surface area (Å²) in [5.41, 5.74) is -1.95. The molecule has 0 spiro atoms. The van der Waals surface area contributed by atoms with Gasteiger partial charge < -0.3 is 10.6 Å². The molecule has 0 aliphatic carbocycles. The number of aromatic nitrogens is 3. The summed E-state index contributed by atoms with van der Waals surface area (Å²) in [5.74, 6) is -1.47. The second-order valence-electron chi connectivity index (χ2n) is 7.15. The summed E-state index contributed by atoms with van der Waals surface area (Å²) in [6, 6.07) is 15.7. The third-order valence-electron chi connectivity index (χ3n) is 4.66. The van der Waals surface area contributed by atoms with Crippen LogP contribution in [0.15, 0.2) is 76.4 Å². The van der Waals surface area contributed by atoms with E-state index in [0.717, 1.165) is 0 Å². The van der Waals surface area contributed by atoms with E-state index in [0.29, 0.717) is 15.4 Å². The molecule has 1 aromatic heterocycles. The molecule has 3 aromatic rings.